The zero-order valence-electron chi connectivity index (χ0n) is 15.6. The Morgan fingerprint density at radius 3 is 2.00 bits per heavy atom. The van der Waals surface area contributed by atoms with Crippen molar-refractivity contribution in [1.82, 2.24) is 0 Å². The molecule has 2 unspecified atom stereocenters. The Hall–Kier alpha value is -2.17. The molecule has 138 valence electrons. The van der Waals surface area contributed by atoms with Crippen molar-refractivity contribution in [1.29, 1.82) is 0 Å². The number of hydrogen-bond acceptors (Lipinski definition) is 4. The van der Waals surface area contributed by atoms with Crippen LogP contribution in [0.1, 0.15) is 31.9 Å². The molecule has 0 radical (unpaired) electrons. The minimum atomic E-state index is -0.543. The van der Waals surface area contributed by atoms with E-state index in [1.54, 1.807) is 6.42 Å². The van der Waals surface area contributed by atoms with Crippen LogP contribution in [0, 0.1) is 6.42 Å². The smallest absolute Gasteiger partial charge is 0.228 e. The third kappa shape index (κ3) is 4.71. The van der Waals surface area contributed by atoms with E-state index in [0.29, 0.717) is 6.61 Å². The summed E-state index contributed by atoms with van der Waals surface area (Å²) in [5, 5.41) is 9.55. The number of benzene rings is 2. The number of aliphatic hydroxyl groups excluding tert-OH is 1. The van der Waals surface area contributed by atoms with Crippen LogP contribution in [0.5, 0.6) is 11.5 Å². The van der Waals surface area contributed by atoms with Crippen LogP contribution in [0.3, 0.4) is 0 Å². The lowest BCUT2D eigenvalue weighted by Crippen LogP contribution is -2.19. The minimum Gasteiger partial charge on any atom is -0.491 e. The van der Waals surface area contributed by atoms with Gasteiger partial charge in [0.1, 0.15) is 30.6 Å². The maximum absolute atomic E-state index is 9.55. The number of epoxide rings is 1. The highest BCUT2D eigenvalue weighted by Gasteiger charge is 2.25. The van der Waals surface area contributed by atoms with Gasteiger partial charge in [0.25, 0.3) is 0 Å². The van der Waals surface area contributed by atoms with Gasteiger partial charge in [-0.2, -0.15) is 0 Å². The van der Waals surface area contributed by atoms with Crippen LogP contribution in [0.15, 0.2) is 48.5 Å². The highest BCUT2D eigenvalue weighted by Crippen LogP contribution is 2.33. The summed E-state index contributed by atoms with van der Waals surface area (Å²) in [7, 11) is 0. The second-order valence-corrected chi connectivity index (χ2v) is 7.15. The summed E-state index contributed by atoms with van der Waals surface area (Å²) in [5.41, 5.74) is 2.29. The van der Waals surface area contributed by atoms with Gasteiger partial charge in [0.15, 0.2) is 6.61 Å². The molecule has 0 aliphatic carbocycles. The fourth-order valence-electron chi connectivity index (χ4n) is 2.73. The maximum atomic E-state index is 9.55. The Balaban J connectivity index is 1.64. The summed E-state index contributed by atoms with van der Waals surface area (Å²) in [6.45, 7) is 7.91. The van der Waals surface area contributed by atoms with Crippen LogP contribution in [-0.2, 0) is 10.2 Å². The minimum absolute atomic E-state index is 0.132. The lowest BCUT2D eigenvalue weighted by atomic mass is 9.78. The third-order valence-corrected chi connectivity index (χ3v) is 4.80. The zero-order chi connectivity index (χ0) is 18.6. The summed E-state index contributed by atoms with van der Waals surface area (Å²) in [5.74, 6) is 1.63. The van der Waals surface area contributed by atoms with Gasteiger partial charge in [0.05, 0.1) is 13.5 Å². The van der Waals surface area contributed by atoms with E-state index in [0.717, 1.165) is 18.1 Å². The summed E-state index contributed by atoms with van der Waals surface area (Å²) in [6, 6.07) is 16.3. The molecule has 3 rings (SSSR count). The Bertz CT molecular complexity index is 687. The van der Waals surface area contributed by atoms with E-state index >= 15 is 0 Å². The summed E-state index contributed by atoms with van der Waals surface area (Å²) in [6.07, 6.45) is 1.43. The molecule has 2 aromatic carbocycles. The molecule has 0 bridgehead atoms. The Labute approximate surface area is 155 Å². The van der Waals surface area contributed by atoms with Crippen molar-refractivity contribution in [3.05, 3.63) is 66.1 Å². The maximum Gasteiger partial charge on any atom is 0.228 e. The van der Waals surface area contributed by atoms with Crippen LogP contribution in [-0.4, -0.2) is 37.1 Å². The van der Waals surface area contributed by atoms with Gasteiger partial charge in [-0.25, -0.2) is 0 Å². The van der Waals surface area contributed by atoms with Crippen LogP contribution >= 0.6 is 0 Å². The predicted octanol–water partition coefficient (Wildman–Crippen LogP) is 3.75. The van der Waals surface area contributed by atoms with Crippen molar-refractivity contribution in [3.63, 3.8) is 0 Å². The Kier molecular flexibility index (Phi) is 5.74. The number of rotatable bonds is 9. The summed E-state index contributed by atoms with van der Waals surface area (Å²) < 4.78 is 16.5. The lowest BCUT2D eigenvalue weighted by Gasteiger charge is -2.26. The first-order valence-corrected chi connectivity index (χ1v) is 9.05. The van der Waals surface area contributed by atoms with E-state index in [-0.39, 0.29) is 18.1 Å². The molecule has 1 aliphatic heterocycles. The van der Waals surface area contributed by atoms with Gasteiger partial charge in [-0.15, -0.1) is 0 Å². The molecule has 1 heterocycles. The first kappa shape index (κ1) is 18.6. The van der Waals surface area contributed by atoms with E-state index in [1.807, 2.05) is 31.2 Å². The van der Waals surface area contributed by atoms with E-state index < -0.39 is 6.10 Å². The van der Waals surface area contributed by atoms with Gasteiger partial charge in [0, 0.05) is 5.41 Å². The van der Waals surface area contributed by atoms with Crippen LogP contribution in [0.4, 0.5) is 0 Å². The predicted molar refractivity (Wildman–Crippen MR) is 102 cm³/mol. The molecular weight excluding hydrogens is 328 g/mol. The highest BCUT2D eigenvalue weighted by atomic mass is 16.6. The average molecular weight is 355 g/mol. The Morgan fingerprint density at radius 2 is 1.54 bits per heavy atom. The first-order valence-electron chi connectivity index (χ1n) is 9.05. The molecule has 1 N–H and O–H groups in total. The van der Waals surface area contributed by atoms with Crippen molar-refractivity contribution in [2.75, 3.05) is 19.8 Å². The largest absolute Gasteiger partial charge is 0.491 e. The van der Waals surface area contributed by atoms with Crippen molar-refractivity contribution >= 4 is 0 Å². The molecule has 4 nitrogen and oxygen atoms in total. The molecular formula is C22H27O4+. The number of hydrogen-bond donors (Lipinski definition) is 1. The van der Waals surface area contributed by atoms with Crippen LogP contribution in [0.25, 0.3) is 0 Å². The van der Waals surface area contributed by atoms with Gasteiger partial charge in [-0.05, 0) is 35.4 Å². The standard InChI is InChI=1S/C22H27O4/c1-4-18(23)13-24-19-9-5-16(6-10-19)22(2,3)17-7-11-20(12-8-17)25-14-21-15-26-21/h4-12,18,21,23H,13-15H2,1-3H3/q+1. The molecule has 0 saturated carbocycles. The molecule has 1 fully saturated rings. The molecule has 4 heteroatoms. The second kappa shape index (κ2) is 8.02. The average Bonchev–Trinajstić information content (AvgIpc) is 3.49. The second-order valence-electron chi connectivity index (χ2n) is 7.15. The molecule has 0 spiro atoms. The summed E-state index contributed by atoms with van der Waals surface area (Å²) in [4.78, 5) is 0. The Morgan fingerprint density at radius 1 is 1.04 bits per heavy atom. The number of ether oxygens (including phenoxy) is 3. The molecule has 0 amide bonds. The first-order chi connectivity index (χ1) is 12.5. The molecule has 0 aromatic heterocycles. The highest BCUT2D eigenvalue weighted by molar-refractivity contribution is 5.41. The van der Waals surface area contributed by atoms with Crippen molar-refractivity contribution in [2.24, 2.45) is 0 Å². The van der Waals surface area contributed by atoms with Gasteiger partial charge in [0.2, 0.25) is 6.10 Å². The SMILES string of the molecule is C[CH+]C(O)COc1ccc(C(C)(C)c2ccc(OCC3CO3)cc2)cc1. The van der Waals surface area contributed by atoms with Crippen molar-refractivity contribution in [2.45, 2.75) is 38.4 Å². The topological polar surface area (TPSA) is 51.2 Å². The van der Waals surface area contributed by atoms with Crippen LogP contribution in [0.2, 0.25) is 0 Å². The quantitative estimate of drug-likeness (QED) is 0.550. The van der Waals surface area contributed by atoms with E-state index in [4.69, 9.17) is 14.2 Å². The molecule has 26 heavy (non-hydrogen) atoms. The van der Waals surface area contributed by atoms with Gasteiger partial charge < -0.3 is 19.3 Å². The van der Waals surface area contributed by atoms with E-state index in [2.05, 4.69) is 38.1 Å². The van der Waals surface area contributed by atoms with Gasteiger partial charge in [-0.1, -0.05) is 38.1 Å². The number of aliphatic hydroxyl groups is 1. The fourth-order valence-corrected chi connectivity index (χ4v) is 2.73. The van der Waals surface area contributed by atoms with Crippen LogP contribution < -0.4 is 9.47 Å². The van der Waals surface area contributed by atoms with Gasteiger partial charge >= 0.3 is 0 Å². The lowest BCUT2D eigenvalue weighted by molar-refractivity contribution is 0.132. The fraction of sp³-hybridized carbons (Fsp3) is 0.409. The molecule has 2 atom stereocenters. The monoisotopic (exact) mass is 355 g/mol. The van der Waals surface area contributed by atoms with Crippen molar-refractivity contribution in [3.8, 4) is 11.5 Å². The summed E-state index contributed by atoms with van der Waals surface area (Å²) >= 11 is 0. The molecule has 1 aliphatic rings. The zero-order valence-corrected chi connectivity index (χ0v) is 15.6. The van der Waals surface area contributed by atoms with Gasteiger partial charge in [-0.3, -0.25) is 0 Å². The van der Waals surface area contributed by atoms with E-state index in [9.17, 15) is 5.11 Å². The molecule has 1 saturated heterocycles. The van der Waals surface area contributed by atoms with E-state index in [1.165, 1.54) is 11.1 Å². The third-order valence-electron chi connectivity index (χ3n) is 4.80. The van der Waals surface area contributed by atoms with Crippen molar-refractivity contribution < 1.29 is 19.3 Å². The normalized spacial score (nSPS) is 17.5. The molecule has 2 aromatic rings.